The fourth-order valence-electron chi connectivity index (χ4n) is 3.95. The van der Waals surface area contributed by atoms with Crippen molar-refractivity contribution in [2.45, 2.75) is 19.3 Å². The molecular formula is C19H17N5O4. The molecule has 0 saturated carbocycles. The Kier molecular flexibility index (Phi) is 3.85. The maximum Gasteiger partial charge on any atom is 0.356 e. The van der Waals surface area contributed by atoms with E-state index >= 15 is 0 Å². The van der Waals surface area contributed by atoms with Crippen molar-refractivity contribution in [1.29, 1.82) is 5.26 Å². The Balaban J connectivity index is 2.12. The number of para-hydroxylation sites is 1. The van der Waals surface area contributed by atoms with Gasteiger partial charge in [-0.15, -0.1) is 5.10 Å². The molecule has 28 heavy (non-hydrogen) atoms. The number of benzene rings is 1. The van der Waals surface area contributed by atoms with Gasteiger partial charge in [-0.3, -0.25) is 9.89 Å². The van der Waals surface area contributed by atoms with E-state index in [1.165, 1.54) is 0 Å². The number of amides is 1. The van der Waals surface area contributed by atoms with Crippen LogP contribution in [0.2, 0.25) is 0 Å². The third-order valence-electron chi connectivity index (χ3n) is 5.01. The van der Waals surface area contributed by atoms with Gasteiger partial charge in [0.15, 0.2) is 5.69 Å². The number of likely N-dealkylation sites (N-methyl/N-ethyl adjacent to an activating group) is 1. The molecule has 0 radical (unpaired) electrons. The van der Waals surface area contributed by atoms with Crippen LogP contribution in [0.5, 0.6) is 5.88 Å². The van der Waals surface area contributed by atoms with Gasteiger partial charge >= 0.3 is 5.97 Å². The minimum Gasteiger partial charge on any atom is -0.461 e. The maximum atomic E-state index is 13.7. The number of aromatic nitrogens is 2. The van der Waals surface area contributed by atoms with Crippen LogP contribution >= 0.6 is 0 Å². The number of nitrogens with one attached hydrogen (secondary N) is 1. The molecule has 3 N–H and O–H groups in total. The molecule has 9 nitrogen and oxygen atoms in total. The summed E-state index contributed by atoms with van der Waals surface area (Å²) in [5.41, 5.74) is 5.57. The first-order valence-corrected chi connectivity index (χ1v) is 8.77. The average Bonchev–Trinajstić information content (AvgIpc) is 3.21. The van der Waals surface area contributed by atoms with Crippen LogP contribution in [0.4, 0.5) is 5.69 Å². The summed E-state index contributed by atoms with van der Waals surface area (Å²) >= 11 is 0. The zero-order valence-electron chi connectivity index (χ0n) is 15.3. The Morgan fingerprint density at radius 1 is 1.43 bits per heavy atom. The Bertz CT molecular complexity index is 1080. The zero-order chi connectivity index (χ0) is 20.1. The highest BCUT2D eigenvalue weighted by Gasteiger charge is 2.61. The SMILES string of the molecule is CCOC(=O)c1[nH]nc2c1C1(C(=O)N(CC)c3ccccc31)C(C#N)=C(N)O2. The molecule has 1 unspecified atom stereocenters. The highest BCUT2D eigenvalue weighted by molar-refractivity contribution is 6.15. The highest BCUT2D eigenvalue weighted by atomic mass is 16.5. The third kappa shape index (κ3) is 1.97. The standard InChI is InChI=1S/C19H17N5O4/c1-3-24-12-8-6-5-7-10(12)19(18(24)26)11(9-20)15(21)28-16-13(19)14(22-23-16)17(25)27-4-2/h5-8H,3-4,21H2,1-2H3,(H,22,23). The molecule has 9 heteroatoms. The van der Waals surface area contributed by atoms with Gasteiger partial charge in [-0.05, 0) is 19.9 Å². The van der Waals surface area contributed by atoms with Crippen LogP contribution in [-0.4, -0.2) is 35.2 Å². The molecule has 1 aromatic heterocycles. The minimum atomic E-state index is -1.63. The number of H-pyrrole nitrogens is 1. The lowest BCUT2D eigenvalue weighted by Gasteiger charge is -2.32. The highest BCUT2D eigenvalue weighted by Crippen LogP contribution is 2.55. The number of anilines is 1. The number of hydrogen-bond donors (Lipinski definition) is 2. The lowest BCUT2D eigenvalue weighted by atomic mass is 9.69. The van der Waals surface area contributed by atoms with Crippen molar-refractivity contribution in [2.24, 2.45) is 5.73 Å². The summed E-state index contributed by atoms with van der Waals surface area (Å²) in [7, 11) is 0. The van der Waals surface area contributed by atoms with Gasteiger partial charge in [0.1, 0.15) is 17.1 Å². The number of nitrogens with zero attached hydrogens (tertiary/aromatic N) is 3. The first-order chi connectivity index (χ1) is 13.5. The van der Waals surface area contributed by atoms with E-state index in [2.05, 4.69) is 10.2 Å². The molecule has 2 aromatic rings. The number of esters is 1. The largest absolute Gasteiger partial charge is 0.461 e. The molecule has 2 aliphatic heterocycles. The summed E-state index contributed by atoms with van der Waals surface area (Å²) in [6.07, 6.45) is 0. The Morgan fingerprint density at radius 2 is 2.18 bits per heavy atom. The molecular weight excluding hydrogens is 362 g/mol. The van der Waals surface area contributed by atoms with E-state index in [4.69, 9.17) is 15.2 Å². The van der Waals surface area contributed by atoms with Crippen molar-refractivity contribution < 1.29 is 19.1 Å². The van der Waals surface area contributed by atoms with Gasteiger partial charge in [-0.2, -0.15) is 5.26 Å². The van der Waals surface area contributed by atoms with Crippen molar-refractivity contribution in [2.75, 3.05) is 18.1 Å². The predicted octanol–water partition coefficient (Wildman–Crippen LogP) is 1.33. The van der Waals surface area contributed by atoms with E-state index in [1.807, 2.05) is 13.0 Å². The van der Waals surface area contributed by atoms with Crippen LogP contribution in [0.15, 0.2) is 35.7 Å². The number of nitrogens with two attached hydrogens (primary N) is 1. The molecule has 3 heterocycles. The summed E-state index contributed by atoms with van der Waals surface area (Å²) in [6, 6.07) is 9.11. The van der Waals surface area contributed by atoms with Crippen LogP contribution in [-0.2, 0) is 14.9 Å². The Labute approximate surface area is 160 Å². The lowest BCUT2D eigenvalue weighted by molar-refractivity contribution is -0.120. The zero-order valence-corrected chi connectivity index (χ0v) is 15.3. The van der Waals surface area contributed by atoms with Crippen molar-refractivity contribution in [3.63, 3.8) is 0 Å². The molecule has 1 amide bonds. The molecule has 2 aliphatic rings. The fraction of sp³-hybridized carbons (Fsp3) is 0.263. The Hall–Kier alpha value is -3.80. The normalized spacial score (nSPS) is 19.9. The van der Waals surface area contributed by atoms with Gasteiger partial charge in [-0.25, -0.2) is 4.79 Å². The van der Waals surface area contributed by atoms with Crippen LogP contribution < -0.4 is 15.4 Å². The number of carbonyl (C=O) groups is 2. The van der Waals surface area contributed by atoms with E-state index in [0.29, 0.717) is 17.8 Å². The summed E-state index contributed by atoms with van der Waals surface area (Å²) in [5, 5.41) is 16.5. The number of hydrogen-bond acceptors (Lipinski definition) is 7. The van der Waals surface area contributed by atoms with E-state index in [0.717, 1.165) is 0 Å². The monoisotopic (exact) mass is 379 g/mol. The summed E-state index contributed by atoms with van der Waals surface area (Å²) in [6.45, 7) is 4.00. The quantitative estimate of drug-likeness (QED) is 0.768. The molecule has 1 atom stereocenters. The molecule has 1 aromatic carbocycles. The molecule has 4 rings (SSSR count). The third-order valence-corrected chi connectivity index (χ3v) is 5.01. The van der Waals surface area contributed by atoms with E-state index < -0.39 is 17.3 Å². The number of nitriles is 1. The number of rotatable bonds is 3. The smallest absolute Gasteiger partial charge is 0.356 e. The molecule has 1 spiro atoms. The topological polar surface area (TPSA) is 134 Å². The predicted molar refractivity (Wildman–Crippen MR) is 97.2 cm³/mol. The lowest BCUT2D eigenvalue weighted by Crippen LogP contribution is -2.46. The molecule has 0 fully saturated rings. The number of aromatic amines is 1. The van der Waals surface area contributed by atoms with Crippen molar-refractivity contribution in [3.05, 3.63) is 52.5 Å². The molecule has 142 valence electrons. The minimum absolute atomic E-state index is 0.0272. The number of fused-ring (bicyclic) bond motifs is 4. The van der Waals surface area contributed by atoms with E-state index in [1.54, 1.807) is 36.1 Å². The van der Waals surface area contributed by atoms with Crippen LogP contribution in [0.3, 0.4) is 0 Å². The van der Waals surface area contributed by atoms with Crippen molar-refractivity contribution >= 4 is 17.6 Å². The number of carbonyl (C=O) groups excluding carboxylic acids is 2. The number of ether oxygens (including phenoxy) is 2. The Morgan fingerprint density at radius 3 is 2.86 bits per heavy atom. The van der Waals surface area contributed by atoms with Gasteiger partial charge in [0.2, 0.25) is 17.7 Å². The fourth-order valence-corrected chi connectivity index (χ4v) is 3.95. The second-order valence-corrected chi connectivity index (χ2v) is 6.27. The first kappa shape index (κ1) is 17.6. The summed E-state index contributed by atoms with van der Waals surface area (Å²) in [5.74, 6) is -1.34. The van der Waals surface area contributed by atoms with Gasteiger partial charge < -0.3 is 20.1 Å². The van der Waals surface area contributed by atoms with Gasteiger partial charge in [0, 0.05) is 17.8 Å². The van der Waals surface area contributed by atoms with Crippen molar-refractivity contribution in [1.82, 2.24) is 10.2 Å². The van der Waals surface area contributed by atoms with Crippen LogP contribution in [0, 0.1) is 11.3 Å². The molecule has 0 aliphatic carbocycles. The van der Waals surface area contributed by atoms with E-state index in [-0.39, 0.29) is 35.2 Å². The first-order valence-electron chi connectivity index (χ1n) is 8.77. The van der Waals surface area contributed by atoms with Gasteiger partial charge in [0.25, 0.3) is 0 Å². The van der Waals surface area contributed by atoms with Gasteiger partial charge in [-0.1, -0.05) is 18.2 Å². The average molecular weight is 379 g/mol. The molecule has 0 bridgehead atoms. The van der Waals surface area contributed by atoms with Crippen molar-refractivity contribution in [3.8, 4) is 11.9 Å². The van der Waals surface area contributed by atoms with Crippen LogP contribution in [0.1, 0.15) is 35.5 Å². The van der Waals surface area contributed by atoms with E-state index in [9.17, 15) is 14.9 Å². The maximum absolute atomic E-state index is 13.7. The summed E-state index contributed by atoms with van der Waals surface area (Å²) in [4.78, 5) is 27.8. The van der Waals surface area contributed by atoms with Gasteiger partial charge in [0.05, 0.1) is 12.2 Å². The van der Waals surface area contributed by atoms with Crippen LogP contribution in [0.25, 0.3) is 0 Å². The molecule has 0 saturated heterocycles. The summed E-state index contributed by atoms with van der Waals surface area (Å²) < 4.78 is 10.6. The second-order valence-electron chi connectivity index (χ2n) is 6.27. The second kappa shape index (κ2) is 6.13.